The van der Waals surface area contributed by atoms with E-state index in [1.54, 1.807) is 18.2 Å². The van der Waals surface area contributed by atoms with E-state index in [1.807, 2.05) is 0 Å². The lowest BCUT2D eigenvalue weighted by Gasteiger charge is -2.42. The maximum atomic E-state index is 9.82. The van der Waals surface area contributed by atoms with Gasteiger partial charge in [0, 0.05) is 0 Å². The summed E-state index contributed by atoms with van der Waals surface area (Å²) in [4.78, 5) is 0. The Morgan fingerprint density at radius 3 is 2.35 bits per heavy atom. The fourth-order valence-electron chi connectivity index (χ4n) is 1.99. The molecule has 0 aromatic carbocycles. The third-order valence-corrected chi connectivity index (χ3v) is 2.98. The first kappa shape index (κ1) is 12.5. The Hall–Kier alpha value is -0.920. The zero-order chi connectivity index (χ0) is 12.4. The van der Waals surface area contributed by atoms with E-state index < -0.39 is 43.2 Å². The van der Waals surface area contributed by atoms with Gasteiger partial charge in [-0.1, -0.05) is 6.08 Å². The van der Waals surface area contributed by atoms with Gasteiger partial charge in [0.15, 0.2) is 0 Å². The quantitative estimate of drug-likeness (QED) is 0.462. The van der Waals surface area contributed by atoms with Crippen molar-refractivity contribution < 1.29 is 29.9 Å². The average molecular weight is 244 g/mol. The van der Waals surface area contributed by atoms with Crippen LogP contribution in [0, 0.1) is 0 Å². The van der Waals surface area contributed by atoms with Crippen LogP contribution in [0.5, 0.6) is 0 Å². The van der Waals surface area contributed by atoms with Gasteiger partial charge >= 0.3 is 0 Å². The monoisotopic (exact) mass is 244 g/mol. The van der Waals surface area contributed by atoms with Crippen LogP contribution in [-0.4, -0.2) is 63.7 Å². The van der Waals surface area contributed by atoms with Crippen molar-refractivity contribution in [3.63, 3.8) is 0 Å². The van der Waals surface area contributed by atoms with E-state index >= 15 is 0 Å². The molecule has 2 heterocycles. The van der Waals surface area contributed by atoms with Gasteiger partial charge in [-0.2, -0.15) is 0 Å². The Morgan fingerprint density at radius 1 is 1.00 bits per heavy atom. The first-order chi connectivity index (χ1) is 8.15. The minimum absolute atomic E-state index is 0.437. The average Bonchev–Trinajstić information content (AvgIpc) is 2.37. The predicted octanol–water partition coefficient (Wildman–Crippen LogP) is -1.70. The van der Waals surface area contributed by atoms with Crippen molar-refractivity contribution >= 4 is 0 Å². The van der Waals surface area contributed by atoms with Crippen LogP contribution in [0.3, 0.4) is 0 Å². The number of rotatable bonds is 2. The highest BCUT2D eigenvalue weighted by molar-refractivity contribution is 5.11. The van der Waals surface area contributed by atoms with E-state index in [0.717, 1.165) is 0 Å². The first-order valence-electron chi connectivity index (χ1n) is 5.44. The van der Waals surface area contributed by atoms with Crippen molar-refractivity contribution in [3.05, 3.63) is 24.5 Å². The molecule has 4 N–H and O–H groups in total. The maximum Gasteiger partial charge on any atom is 0.145 e. The van der Waals surface area contributed by atoms with E-state index in [1.165, 1.54) is 6.26 Å². The SMILES string of the molecule is OC[C@H]1OC(C2C=CC=CO2)[C@H](O)[C@@H](O)[C@@H]1O. The molecule has 6 atom stereocenters. The summed E-state index contributed by atoms with van der Waals surface area (Å²) in [5.41, 5.74) is 0. The summed E-state index contributed by atoms with van der Waals surface area (Å²) < 4.78 is 10.6. The molecule has 0 aromatic heterocycles. The second-order valence-electron chi connectivity index (χ2n) is 4.11. The van der Waals surface area contributed by atoms with Crippen molar-refractivity contribution in [1.29, 1.82) is 0 Å². The molecule has 2 aliphatic rings. The van der Waals surface area contributed by atoms with E-state index in [-0.39, 0.29) is 0 Å². The minimum atomic E-state index is -1.37. The molecule has 0 aliphatic carbocycles. The molecule has 0 saturated carbocycles. The van der Waals surface area contributed by atoms with Crippen molar-refractivity contribution in [2.24, 2.45) is 0 Å². The molecule has 0 amide bonds. The van der Waals surface area contributed by atoms with Gasteiger partial charge in [0.05, 0.1) is 12.9 Å². The lowest BCUT2D eigenvalue weighted by molar-refractivity contribution is -0.244. The first-order valence-corrected chi connectivity index (χ1v) is 5.44. The van der Waals surface area contributed by atoms with Crippen LogP contribution in [0.2, 0.25) is 0 Å². The summed E-state index contributed by atoms with van der Waals surface area (Å²) >= 11 is 0. The van der Waals surface area contributed by atoms with E-state index in [0.29, 0.717) is 0 Å². The number of ether oxygens (including phenoxy) is 2. The van der Waals surface area contributed by atoms with Gasteiger partial charge in [0.1, 0.15) is 36.6 Å². The normalized spacial score (nSPS) is 45.6. The summed E-state index contributed by atoms with van der Waals surface area (Å²) in [5, 5.41) is 38.1. The molecule has 1 fully saturated rings. The molecule has 6 nitrogen and oxygen atoms in total. The van der Waals surface area contributed by atoms with Gasteiger partial charge in [-0.25, -0.2) is 0 Å². The Bertz CT molecular complexity index is 313. The van der Waals surface area contributed by atoms with E-state index in [2.05, 4.69) is 0 Å². The zero-order valence-corrected chi connectivity index (χ0v) is 9.09. The largest absolute Gasteiger partial charge is 0.491 e. The molecule has 17 heavy (non-hydrogen) atoms. The van der Waals surface area contributed by atoms with Gasteiger partial charge in [-0.3, -0.25) is 0 Å². The number of aliphatic hydroxyl groups excluding tert-OH is 4. The van der Waals surface area contributed by atoms with Crippen LogP contribution in [0.1, 0.15) is 0 Å². The minimum Gasteiger partial charge on any atom is -0.491 e. The summed E-state index contributed by atoms with van der Waals surface area (Å²) in [6, 6.07) is 0. The van der Waals surface area contributed by atoms with Crippen LogP contribution < -0.4 is 0 Å². The summed E-state index contributed by atoms with van der Waals surface area (Å²) in [5.74, 6) is 0. The molecular weight excluding hydrogens is 228 g/mol. The topological polar surface area (TPSA) is 99.4 Å². The van der Waals surface area contributed by atoms with Gasteiger partial charge < -0.3 is 29.9 Å². The van der Waals surface area contributed by atoms with Crippen molar-refractivity contribution in [1.82, 2.24) is 0 Å². The third kappa shape index (κ3) is 2.36. The Kier molecular flexibility index (Phi) is 3.80. The molecule has 0 aromatic rings. The smallest absolute Gasteiger partial charge is 0.145 e. The van der Waals surface area contributed by atoms with Crippen LogP contribution in [0.25, 0.3) is 0 Å². The van der Waals surface area contributed by atoms with Crippen LogP contribution in [-0.2, 0) is 9.47 Å². The lowest BCUT2D eigenvalue weighted by atomic mass is 9.92. The van der Waals surface area contributed by atoms with Crippen LogP contribution in [0.15, 0.2) is 24.5 Å². The van der Waals surface area contributed by atoms with Crippen molar-refractivity contribution in [2.75, 3.05) is 6.61 Å². The Labute approximate surface area is 98.4 Å². The summed E-state index contributed by atoms with van der Waals surface area (Å²) in [6.07, 6.45) is 0.283. The van der Waals surface area contributed by atoms with E-state index in [4.69, 9.17) is 14.6 Å². The lowest BCUT2D eigenvalue weighted by Crippen LogP contribution is -2.61. The number of hydrogen-bond acceptors (Lipinski definition) is 6. The molecule has 0 bridgehead atoms. The van der Waals surface area contributed by atoms with Crippen molar-refractivity contribution in [3.8, 4) is 0 Å². The number of allylic oxidation sites excluding steroid dienone is 2. The van der Waals surface area contributed by atoms with Gasteiger partial charge in [0.2, 0.25) is 0 Å². The van der Waals surface area contributed by atoms with Gasteiger partial charge in [0.25, 0.3) is 0 Å². The Balaban J connectivity index is 2.11. The Morgan fingerprint density at radius 2 is 1.76 bits per heavy atom. The molecule has 6 heteroatoms. The molecule has 2 rings (SSSR count). The second-order valence-corrected chi connectivity index (χ2v) is 4.11. The van der Waals surface area contributed by atoms with Crippen LogP contribution >= 0.6 is 0 Å². The molecule has 0 spiro atoms. The second kappa shape index (κ2) is 5.16. The predicted molar refractivity (Wildman–Crippen MR) is 56.9 cm³/mol. The van der Waals surface area contributed by atoms with E-state index in [9.17, 15) is 15.3 Å². The summed E-state index contributed by atoms with van der Waals surface area (Å²) in [7, 11) is 0. The highest BCUT2D eigenvalue weighted by Gasteiger charge is 2.46. The molecular formula is C11H16O6. The highest BCUT2D eigenvalue weighted by Crippen LogP contribution is 2.25. The molecule has 1 saturated heterocycles. The van der Waals surface area contributed by atoms with Crippen molar-refractivity contribution in [2.45, 2.75) is 36.6 Å². The summed E-state index contributed by atoms with van der Waals surface area (Å²) in [6.45, 7) is -0.437. The third-order valence-electron chi connectivity index (χ3n) is 2.98. The standard InChI is InChI=1S/C11H16O6/c12-5-7-8(13)9(14)10(15)11(17-7)6-3-1-2-4-16-6/h1-4,6-15H,5H2/t6?,7-,8-,9+,10-,11?/m1/s1. The molecule has 2 unspecified atom stereocenters. The number of aliphatic hydroxyl groups is 4. The maximum absolute atomic E-state index is 9.82. The fourth-order valence-corrected chi connectivity index (χ4v) is 1.99. The van der Waals surface area contributed by atoms with Crippen LogP contribution in [0.4, 0.5) is 0 Å². The zero-order valence-electron chi connectivity index (χ0n) is 9.09. The molecule has 96 valence electrons. The van der Waals surface area contributed by atoms with Gasteiger partial charge in [-0.05, 0) is 12.2 Å². The highest BCUT2D eigenvalue weighted by atomic mass is 16.6. The number of hydrogen-bond donors (Lipinski definition) is 4. The molecule has 0 radical (unpaired) electrons. The molecule has 2 aliphatic heterocycles. The van der Waals surface area contributed by atoms with Gasteiger partial charge in [-0.15, -0.1) is 0 Å². The fraction of sp³-hybridized carbons (Fsp3) is 0.636.